The Morgan fingerprint density at radius 2 is 1.89 bits per heavy atom. The van der Waals surface area contributed by atoms with E-state index in [1.807, 2.05) is 19.9 Å². The number of hydrogen-bond acceptors (Lipinski definition) is 5. The van der Waals surface area contributed by atoms with E-state index in [1.165, 1.54) is 0 Å². The van der Waals surface area contributed by atoms with Crippen LogP contribution in [0.15, 0.2) is 28.2 Å². The van der Waals surface area contributed by atoms with E-state index in [0.717, 1.165) is 5.69 Å². The van der Waals surface area contributed by atoms with Gasteiger partial charge in [-0.2, -0.15) is 4.99 Å². The number of nitrogens with two attached hydrogens (primary N) is 2. The molecule has 1 aliphatic rings. The summed E-state index contributed by atoms with van der Waals surface area (Å²) in [7, 11) is 0. The minimum atomic E-state index is -0.213. The predicted octanol–water partition coefficient (Wildman–Crippen LogP) is 2.42. The Hall–Kier alpha value is -1.46. The van der Waals surface area contributed by atoms with Crippen LogP contribution in [0.3, 0.4) is 0 Å². The number of hydrogen-bond donors (Lipinski definition) is 2. The molecule has 7 heteroatoms. The van der Waals surface area contributed by atoms with Crippen molar-refractivity contribution in [3.8, 4) is 0 Å². The van der Waals surface area contributed by atoms with Gasteiger partial charge in [-0.3, -0.25) is 4.90 Å². The number of nitrogens with zero attached hydrogens (tertiary/aromatic N) is 3. The van der Waals surface area contributed by atoms with Gasteiger partial charge in [-0.15, -0.1) is 0 Å². The molecule has 4 N–H and O–H groups in total. The molecular formula is C12H15Cl2N5. The molecule has 1 aromatic rings. The molecule has 1 heterocycles. The van der Waals surface area contributed by atoms with Gasteiger partial charge in [0.15, 0.2) is 0 Å². The first-order chi connectivity index (χ1) is 8.90. The van der Waals surface area contributed by atoms with Crippen molar-refractivity contribution >= 4 is 40.8 Å². The number of rotatable bonds is 2. The molecule has 0 bridgehead atoms. The van der Waals surface area contributed by atoms with Crippen molar-refractivity contribution in [2.45, 2.75) is 20.0 Å². The van der Waals surface area contributed by atoms with Gasteiger partial charge >= 0.3 is 0 Å². The Labute approximate surface area is 121 Å². The fraction of sp³-hybridized carbons (Fsp3) is 0.333. The molecular weight excluding hydrogens is 285 g/mol. The van der Waals surface area contributed by atoms with Gasteiger partial charge in [0.1, 0.15) is 6.17 Å². The van der Waals surface area contributed by atoms with Crippen LogP contribution in [0.25, 0.3) is 0 Å². The van der Waals surface area contributed by atoms with E-state index in [0.29, 0.717) is 16.0 Å². The lowest BCUT2D eigenvalue weighted by atomic mass is 10.1. The van der Waals surface area contributed by atoms with Crippen LogP contribution in [0, 0.1) is 5.92 Å². The summed E-state index contributed by atoms with van der Waals surface area (Å²) in [5, 5.41) is 0.944. The minimum absolute atomic E-state index is 0.188. The average Bonchev–Trinajstić information content (AvgIpc) is 2.32. The third-order valence-corrected chi connectivity index (χ3v) is 3.52. The Bertz CT molecular complexity index is 553. The molecule has 0 aliphatic carbocycles. The summed E-state index contributed by atoms with van der Waals surface area (Å²) in [4.78, 5) is 10.1. The molecule has 0 amide bonds. The maximum atomic E-state index is 6.04. The second-order valence-corrected chi connectivity index (χ2v) is 5.40. The molecule has 0 radical (unpaired) electrons. The maximum absolute atomic E-state index is 6.04. The highest BCUT2D eigenvalue weighted by atomic mass is 35.5. The monoisotopic (exact) mass is 299 g/mol. The Morgan fingerprint density at radius 1 is 1.21 bits per heavy atom. The second kappa shape index (κ2) is 5.27. The topological polar surface area (TPSA) is 80.0 Å². The van der Waals surface area contributed by atoms with Crippen molar-refractivity contribution in [3.63, 3.8) is 0 Å². The van der Waals surface area contributed by atoms with Gasteiger partial charge in [0.25, 0.3) is 0 Å². The lowest BCUT2D eigenvalue weighted by Crippen LogP contribution is -2.50. The fourth-order valence-electron chi connectivity index (χ4n) is 1.90. The summed E-state index contributed by atoms with van der Waals surface area (Å²) in [6.45, 7) is 4.06. The zero-order valence-corrected chi connectivity index (χ0v) is 12.2. The van der Waals surface area contributed by atoms with Gasteiger partial charge < -0.3 is 11.5 Å². The first-order valence-corrected chi connectivity index (χ1v) is 6.57. The number of aliphatic imine (C=N–C) groups is 2. The zero-order valence-electron chi connectivity index (χ0n) is 10.6. The van der Waals surface area contributed by atoms with Gasteiger partial charge in [-0.05, 0) is 24.1 Å². The van der Waals surface area contributed by atoms with Crippen molar-refractivity contribution in [1.82, 2.24) is 0 Å². The van der Waals surface area contributed by atoms with Crippen molar-refractivity contribution in [1.29, 1.82) is 0 Å². The van der Waals surface area contributed by atoms with E-state index in [9.17, 15) is 0 Å². The molecule has 1 atom stereocenters. The number of guanidine groups is 2. The van der Waals surface area contributed by atoms with Crippen LogP contribution in [0.4, 0.5) is 5.69 Å². The smallest absolute Gasteiger partial charge is 0.220 e. The van der Waals surface area contributed by atoms with Gasteiger partial charge in [-0.1, -0.05) is 37.0 Å². The molecule has 2 rings (SSSR count). The molecule has 0 saturated heterocycles. The number of anilines is 1. The molecule has 1 aliphatic heterocycles. The maximum Gasteiger partial charge on any atom is 0.220 e. The second-order valence-electron chi connectivity index (χ2n) is 4.58. The van der Waals surface area contributed by atoms with Gasteiger partial charge in [-0.25, -0.2) is 4.99 Å². The van der Waals surface area contributed by atoms with Gasteiger partial charge in [0, 0.05) is 5.69 Å². The first kappa shape index (κ1) is 14.0. The fourth-order valence-corrected chi connectivity index (χ4v) is 2.19. The van der Waals surface area contributed by atoms with Crippen LogP contribution in [-0.2, 0) is 0 Å². The zero-order chi connectivity index (χ0) is 14.2. The number of halogens is 2. The van der Waals surface area contributed by atoms with E-state index >= 15 is 0 Å². The Kier molecular flexibility index (Phi) is 3.87. The molecule has 0 spiro atoms. The quantitative estimate of drug-likeness (QED) is 0.880. The molecule has 102 valence electrons. The third-order valence-electron chi connectivity index (χ3n) is 2.78. The van der Waals surface area contributed by atoms with Crippen LogP contribution in [0.2, 0.25) is 10.0 Å². The van der Waals surface area contributed by atoms with E-state index in [-0.39, 0.29) is 18.0 Å². The standard InChI is InChI=1S/C12H15Cl2N5/c1-6(2)10-17-11(15)18-12(16)19(10)7-3-4-8(13)9(14)5-7/h3-6,10H,1-2H3,(H4,15,16,17,18)/t10-/m1/s1. The minimum Gasteiger partial charge on any atom is -0.369 e. The lowest BCUT2D eigenvalue weighted by molar-refractivity contribution is 0.502. The van der Waals surface area contributed by atoms with Crippen LogP contribution in [0.5, 0.6) is 0 Å². The summed E-state index contributed by atoms with van der Waals surface area (Å²) in [6, 6.07) is 5.27. The van der Waals surface area contributed by atoms with Crippen LogP contribution in [-0.4, -0.2) is 18.1 Å². The lowest BCUT2D eigenvalue weighted by Gasteiger charge is -2.34. The highest BCUT2D eigenvalue weighted by Gasteiger charge is 2.28. The third kappa shape index (κ3) is 2.77. The molecule has 0 aromatic heterocycles. The Balaban J connectivity index is 2.46. The largest absolute Gasteiger partial charge is 0.369 e. The predicted molar refractivity (Wildman–Crippen MR) is 80.8 cm³/mol. The van der Waals surface area contributed by atoms with Crippen molar-refractivity contribution in [2.75, 3.05) is 4.90 Å². The Morgan fingerprint density at radius 3 is 2.47 bits per heavy atom. The van der Waals surface area contributed by atoms with Gasteiger partial charge in [0.05, 0.1) is 10.0 Å². The average molecular weight is 300 g/mol. The van der Waals surface area contributed by atoms with E-state index in [1.54, 1.807) is 17.0 Å². The first-order valence-electron chi connectivity index (χ1n) is 5.82. The summed E-state index contributed by atoms with van der Waals surface area (Å²) in [5.74, 6) is 0.694. The highest BCUT2D eigenvalue weighted by molar-refractivity contribution is 6.42. The SMILES string of the molecule is CC(C)[C@@H]1N=C(N)N=C(N)N1c1ccc(Cl)c(Cl)c1. The molecule has 5 nitrogen and oxygen atoms in total. The van der Waals surface area contributed by atoms with Crippen molar-refractivity contribution < 1.29 is 0 Å². The summed E-state index contributed by atoms with van der Waals surface area (Å²) < 4.78 is 0. The number of benzene rings is 1. The highest BCUT2D eigenvalue weighted by Crippen LogP contribution is 2.30. The normalized spacial score (nSPS) is 19.4. The summed E-state index contributed by atoms with van der Waals surface area (Å²) >= 11 is 12.0. The van der Waals surface area contributed by atoms with Gasteiger partial charge in [0.2, 0.25) is 11.9 Å². The van der Waals surface area contributed by atoms with E-state index < -0.39 is 0 Å². The molecule has 0 saturated carbocycles. The van der Waals surface area contributed by atoms with Crippen LogP contribution >= 0.6 is 23.2 Å². The summed E-state index contributed by atoms with van der Waals surface area (Å²) in [6.07, 6.45) is -0.213. The molecule has 1 aromatic carbocycles. The molecule has 19 heavy (non-hydrogen) atoms. The van der Waals surface area contributed by atoms with Crippen molar-refractivity contribution in [3.05, 3.63) is 28.2 Å². The molecule has 0 unspecified atom stereocenters. The van der Waals surface area contributed by atoms with E-state index in [4.69, 9.17) is 34.7 Å². The van der Waals surface area contributed by atoms with E-state index in [2.05, 4.69) is 9.98 Å². The van der Waals surface area contributed by atoms with Crippen molar-refractivity contribution in [2.24, 2.45) is 27.4 Å². The summed E-state index contributed by atoms with van der Waals surface area (Å²) in [5.41, 5.74) is 12.4. The van der Waals surface area contributed by atoms with Crippen LogP contribution < -0.4 is 16.4 Å². The molecule has 0 fully saturated rings. The van der Waals surface area contributed by atoms with Crippen LogP contribution in [0.1, 0.15) is 13.8 Å².